The molecular weight excluding hydrogens is 314 g/mol. The van der Waals surface area contributed by atoms with Gasteiger partial charge in [-0.3, -0.25) is 0 Å². The van der Waals surface area contributed by atoms with E-state index in [1.807, 2.05) is 24.3 Å². The monoisotopic (exact) mass is 344 g/mol. The molecule has 2 aliphatic rings. The Morgan fingerprint density at radius 1 is 1.16 bits per heavy atom. The molecule has 0 N–H and O–H groups in total. The Labute approximate surface area is 151 Å². The van der Waals surface area contributed by atoms with Crippen LogP contribution in [0, 0.1) is 5.92 Å². The summed E-state index contributed by atoms with van der Waals surface area (Å²) in [6.45, 7) is 3.13. The van der Waals surface area contributed by atoms with E-state index in [0.29, 0.717) is 18.6 Å². The van der Waals surface area contributed by atoms with E-state index in [9.17, 15) is 4.79 Å². The maximum absolute atomic E-state index is 12.1. The fraction of sp³-hybridized carbons (Fsp3) is 0.571. The normalized spacial score (nSPS) is 29.2. The lowest BCUT2D eigenvalue weighted by atomic mass is 9.82. The Hall–Kier alpha value is -1.81. The molecule has 25 heavy (non-hydrogen) atoms. The number of carbonyl (C=O) groups excluding carboxylic acids is 1. The van der Waals surface area contributed by atoms with Crippen molar-refractivity contribution in [2.24, 2.45) is 5.92 Å². The molecule has 0 aromatic heterocycles. The molecule has 1 unspecified atom stereocenters. The van der Waals surface area contributed by atoms with Gasteiger partial charge in [0.1, 0.15) is 12.4 Å². The summed E-state index contributed by atoms with van der Waals surface area (Å²) in [5, 5.41) is 0. The Bertz CT molecular complexity index is 606. The fourth-order valence-corrected chi connectivity index (χ4v) is 4.54. The number of esters is 1. The molecule has 0 aliphatic carbocycles. The van der Waals surface area contributed by atoms with Crippen LogP contribution in [0.3, 0.4) is 0 Å². The zero-order chi connectivity index (χ0) is 17.7. The van der Waals surface area contributed by atoms with Crippen LogP contribution in [0.25, 0.3) is 6.08 Å². The SMILES string of the molecule is COc1ccc(/C=C/C(=O)OC[C@@H]2CCC[N+]3(C)CCCC[C@H]23)cc1. The highest BCUT2D eigenvalue weighted by molar-refractivity contribution is 5.87. The smallest absolute Gasteiger partial charge is 0.330 e. The third-order valence-electron chi connectivity index (χ3n) is 5.97. The Morgan fingerprint density at radius 3 is 2.68 bits per heavy atom. The van der Waals surface area contributed by atoms with Crippen molar-refractivity contribution in [2.45, 2.75) is 38.1 Å². The van der Waals surface area contributed by atoms with Gasteiger partial charge in [0.15, 0.2) is 0 Å². The lowest BCUT2D eigenvalue weighted by Gasteiger charge is -2.51. The molecule has 1 aromatic rings. The van der Waals surface area contributed by atoms with Crippen LogP contribution in [0.2, 0.25) is 0 Å². The average Bonchev–Trinajstić information content (AvgIpc) is 2.64. The highest BCUT2D eigenvalue weighted by Gasteiger charge is 2.43. The summed E-state index contributed by atoms with van der Waals surface area (Å²) in [4.78, 5) is 12.1. The molecule has 0 bridgehead atoms. The lowest BCUT2D eigenvalue weighted by molar-refractivity contribution is -0.947. The predicted molar refractivity (Wildman–Crippen MR) is 99.3 cm³/mol. The second-order valence-corrected chi connectivity index (χ2v) is 7.63. The van der Waals surface area contributed by atoms with E-state index in [0.717, 1.165) is 11.3 Å². The summed E-state index contributed by atoms with van der Waals surface area (Å²) >= 11 is 0. The number of ether oxygens (including phenoxy) is 2. The molecule has 0 spiro atoms. The molecule has 136 valence electrons. The van der Waals surface area contributed by atoms with Gasteiger partial charge in [0.2, 0.25) is 0 Å². The van der Waals surface area contributed by atoms with E-state index in [1.165, 1.54) is 55.8 Å². The minimum atomic E-state index is -0.244. The zero-order valence-corrected chi connectivity index (χ0v) is 15.4. The van der Waals surface area contributed by atoms with Gasteiger partial charge in [0, 0.05) is 18.4 Å². The van der Waals surface area contributed by atoms with E-state index in [4.69, 9.17) is 9.47 Å². The number of methoxy groups -OCH3 is 1. The summed E-state index contributed by atoms with van der Waals surface area (Å²) in [6.07, 6.45) is 9.69. The van der Waals surface area contributed by atoms with Crippen molar-refractivity contribution in [1.82, 2.24) is 0 Å². The van der Waals surface area contributed by atoms with Crippen LogP contribution < -0.4 is 4.74 Å². The first-order chi connectivity index (χ1) is 12.1. The minimum Gasteiger partial charge on any atom is -0.497 e. The topological polar surface area (TPSA) is 35.5 Å². The van der Waals surface area contributed by atoms with Gasteiger partial charge in [-0.25, -0.2) is 4.79 Å². The third-order valence-corrected chi connectivity index (χ3v) is 5.97. The van der Waals surface area contributed by atoms with Gasteiger partial charge in [-0.1, -0.05) is 12.1 Å². The van der Waals surface area contributed by atoms with Crippen LogP contribution in [0.15, 0.2) is 30.3 Å². The van der Waals surface area contributed by atoms with E-state index in [1.54, 1.807) is 13.2 Å². The summed E-state index contributed by atoms with van der Waals surface area (Å²) in [5.41, 5.74) is 0.965. The van der Waals surface area contributed by atoms with Crippen molar-refractivity contribution >= 4 is 12.0 Å². The number of hydrogen-bond acceptors (Lipinski definition) is 3. The van der Waals surface area contributed by atoms with Gasteiger partial charge >= 0.3 is 5.97 Å². The highest BCUT2D eigenvalue weighted by Crippen LogP contribution is 2.36. The molecule has 1 aromatic carbocycles. The van der Waals surface area contributed by atoms with Crippen LogP contribution in [0.4, 0.5) is 0 Å². The Kier molecular flexibility index (Phi) is 5.79. The molecule has 3 rings (SSSR count). The number of nitrogens with zero attached hydrogens (tertiary/aromatic N) is 1. The first-order valence-corrected chi connectivity index (χ1v) is 9.44. The van der Waals surface area contributed by atoms with Crippen molar-refractivity contribution in [3.05, 3.63) is 35.9 Å². The Balaban J connectivity index is 1.51. The second-order valence-electron chi connectivity index (χ2n) is 7.63. The number of fused-ring (bicyclic) bond motifs is 1. The van der Waals surface area contributed by atoms with Crippen LogP contribution in [0.5, 0.6) is 5.75 Å². The van der Waals surface area contributed by atoms with Crippen LogP contribution in [-0.4, -0.2) is 50.3 Å². The summed E-state index contributed by atoms with van der Waals surface area (Å²) < 4.78 is 11.9. The van der Waals surface area contributed by atoms with E-state index >= 15 is 0 Å². The van der Waals surface area contributed by atoms with Crippen molar-refractivity contribution < 1.29 is 18.8 Å². The van der Waals surface area contributed by atoms with Crippen molar-refractivity contribution in [2.75, 3.05) is 33.9 Å². The van der Waals surface area contributed by atoms with Gasteiger partial charge in [0.25, 0.3) is 0 Å². The molecule has 2 saturated heterocycles. The summed E-state index contributed by atoms with van der Waals surface area (Å²) in [7, 11) is 4.03. The van der Waals surface area contributed by atoms with Crippen LogP contribution in [-0.2, 0) is 9.53 Å². The molecule has 0 radical (unpaired) electrons. The van der Waals surface area contributed by atoms with Gasteiger partial charge in [-0.2, -0.15) is 0 Å². The van der Waals surface area contributed by atoms with Crippen LogP contribution in [0.1, 0.15) is 37.7 Å². The number of carbonyl (C=O) groups is 1. The Morgan fingerprint density at radius 2 is 1.92 bits per heavy atom. The highest BCUT2D eigenvalue weighted by atomic mass is 16.5. The van der Waals surface area contributed by atoms with Crippen molar-refractivity contribution in [3.63, 3.8) is 0 Å². The van der Waals surface area contributed by atoms with Gasteiger partial charge in [-0.05, 0) is 49.5 Å². The van der Waals surface area contributed by atoms with Crippen molar-refractivity contribution in [3.8, 4) is 5.75 Å². The third kappa shape index (κ3) is 4.43. The first kappa shape index (κ1) is 18.0. The van der Waals surface area contributed by atoms with Gasteiger partial charge < -0.3 is 14.0 Å². The molecule has 4 heteroatoms. The summed E-state index contributed by atoms with van der Waals surface area (Å²) in [5.74, 6) is 1.08. The van der Waals surface area contributed by atoms with E-state index in [2.05, 4.69) is 7.05 Å². The maximum atomic E-state index is 12.1. The molecule has 0 saturated carbocycles. The van der Waals surface area contributed by atoms with Gasteiger partial charge in [0.05, 0.1) is 33.3 Å². The predicted octanol–water partition coefficient (Wildman–Crippen LogP) is 3.66. The number of hydrogen-bond donors (Lipinski definition) is 0. The number of benzene rings is 1. The molecule has 2 fully saturated rings. The molecule has 3 atom stereocenters. The lowest BCUT2D eigenvalue weighted by Crippen LogP contribution is -2.61. The quantitative estimate of drug-likeness (QED) is 0.464. The maximum Gasteiger partial charge on any atom is 0.330 e. The molecule has 2 heterocycles. The molecule has 2 aliphatic heterocycles. The standard InChI is InChI=1S/C21H30NO3/c1-22-14-4-3-7-20(22)18(6-5-15-22)16-25-21(23)13-10-17-8-11-19(24-2)12-9-17/h8-13,18,20H,3-7,14-16H2,1-2H3/q+1/b13-10+/t18-,20+,22?/m0/s1. The number of piperidine rings is 2. The minimum absolute atomic E-state index is 0.244. The first-order valence-electron chi connectivity index (χ1n) is 9.44. The zero-order valence-electron chi connectivity index (χ0n) is 15.4. The molecule has 4 nitrogen and oxygen atoms in total. The second kappa shape index (κ2) is 8.05. The average molecular weight is 344 g/mol. The van der Waals surface area contributed by atoms with Crippen molar-refractivity contribution in [1.29, 1.82) is 0 Å². The number of rotatable bonds is 5. The fourth-order valence-electron chi connectivity index (χ4n) is 4.54. The largest absolute Gasteiger partial charge is 0.497 e. The van der Waals surface area contributed by atoms with E-state index in [-0.39, 0.29) is 5.97 Å². The summed E-state index contributed by atoms with van der Waals surface area (Å²) in [6, 6.07) is 8.29. The van der Waals surface area contributed by atoms with Crippen LogP contribution >= 0.6 is 0 Å². The van der Waals surface area contributed by atoms with E-state index < -0.39 is 0 Å². The molecule has 0 amide bonds. The van der Waals surface area contributed by atoms with Gasteiger partial charge in [-0.15, -0.1) is 0 Å². The number of quaternary nitrogens is 1. The molecular formula is C21H30NO3+.